The molecule has 0 aliphatic heterocycles. The van der Waals surface area contributed by atoms with E-state index in [-0.39, 0.29) is 0 Å². The fourth-order valence-electron chi connectivity index (χ4n) is 1.21. The summed E-state index contributed by atoms with van der Waals surface area (Å²) < 4.78 is 3.83. The van der Waals surface area contributed by atoms with Gasteiger partial charge in [0.2, 0.25) is 5.69 Å². The van der Waals surface area contributed by atoms with Crippen molar-refractivity contribution >= 4 is 43.2 Å². The molecule has 0 amide bonds. The predicted molar refractivity (Wildman–Crippen MR) is 62.0 cm³/mol. The molecule has 3 nitrogen and oxygen atoms in total. The van der Waals surface area contributed by atoms with Crippen LogP contribution in [0.5, 0.6) is 0 Å². The largest absolute Gasteiger partial charge is 0.269 e. The van der Waals surface area contributed by atoms with E-state index in [4.69, 9.17) is 6.57 Å². The predicted octanol–water partition coefficient (Wildman–Crippen LogP) is 3.99. The lowest BCUT2D eigenvalue weighted by atomic mass is 10.4. The van der Waals surface area contributed by atoms with E-state index in [2.05, 4.69) is 39.7 Å². The van der Waals surface area contributed by atoms with Crippen molar-refractivity contribution in [3.8, 4) is 0 Å². The minimum absolute atomic E-state index is 0.340. The molecule has 0 aliphatic rings. The second kappa shape index (κ2) is 3.37. The molecule has 14 heavy (non-hydrogen) atoms. The minimum atomic E-state index is 0.340. The summed E-state index contributed by atoms with van der Waals surface area (Å²) >= 11 is 4.93. The molecular formula is C9H8BrN3S. The molecule has 0 aliphatic carbocycles. The Hall–Kier alpha value is -0.860. The van der Waals surface area contributed by atoms with Crippen LogP contribution in [-0.2, 0) is 0 Å². The van der Waals surface area contributed by atoms with Crippen LogP contribution in [0, 0.1) is 6.57 Å². The van der Waals surface area contributed by atoms with E-state index in [1.807, 2.05) is 10.9 Å². The SMILES string of the molecule is [C-]#[N+]c1c(Br)sc2cn(C(C)C)nc12. The Morgan fingerprint density at radius 2 is 2.36 bits per heavy atom. The van der Waals surface area contributed by atoms with Gasteiger partial charge in [0.15, 0.2) is 0 Å². The zero-order chi connectivity index (χ0) is 10.3. The number of rotatable bonds is 1. The number of aromatic nitrogens is 2. The van der Waals surface area contributed by atoms with E-state index >= 15 is 0 Å². The highest BCUT2D eigenvalue weighted by Crippen LogP contribution is 2.41. The highest BCUT2D eigenvalue weighted by Gasteiger charge is 2.14. The van der Waals surface area contributed by atoms with Gasteiger partial charge in [0, 0.05) is 12.2 Å². The van der Waals surface area contributed by atoms with Gasteiger partial charge in [-0.1, -0.05) is 15.9 Å². The molecule has 2 aromatic heterocycles. The molecule has 0 fully saturated rings. The molecule has 72 valence electrons. The second-order valence-electron chi connectivity index (χ2n) is 3.25. The van der Waals surface area contributed by atoms with Crippen LogP contribution in [0.1, 0.15) is 19.9 Å². The normalized spacial score (nSPS) is 11.1. The molecule has 0 bridgehead atoms. The minimum Gasteiger partial charge on any atom is -0.269 e. The summed E-state index contributed by atoms with van der Waals surface area (Å²) in [5.41, 5.74) is 1.44. The summed E-state index contributed by atoms with van der Waals surface area (Å²) in [6.45, 7) is 11.2. The van der Waals surface area contributed by atoms with Crippen LogP contribution in [0.15, 0.2) is 9.98 Å². The molecular weight excluding hydrogens is 262 g/mol. The van der Waals surface area contributed by atoms with Gasteiger partial charge in [0.25, 0.3) is 0 Å². The van der Waals surface area contributed by atoms with Gasteiger partial charge in [0.05, 0.1) is 15.1 Å². The average molecular weight is 270 g/mol. The van der Waals surface area contributed by atoms with Gasteiger partial charge in [-0.25, -0.2) is 4.85 Å². The van der Waals surface area contributed by atoms with Gasteiger partial charge in [-0.3, -0.25) is 4.68 Å². The summed E-state index contributed by atoms with van der Waals surface area (Å²) in [5, 5.41) is 4.39. The molecule has 0 atom stereocenters. The van der Waals surface area contributed by atoms with Gasteiger partial charge < -0.3 is 0 Å². The first kappa shape index (κ1) is 9.69. The first-order valence-corrected chi connectivity index (χ1v) is 5.79. The highest BCUT2D eigenvalue weighted by atomic mass is 79.9. The maximum Gasteiger partial charge on any atom is 0.239 e. The second-order valence-corrected chi connectivity index (χ2v) is 5.62. The average Bonchev–Trinajstić information content (AvgIpc) is 2.60. The van der Waals surface area contributed by atoms with Crippen LogP contribution in [0.2, 0.25) is 0 Å². The monoisotopic (exact) mass is 269 g/mol. The fourth-order valence-corrected chi connectivity index (χ4v) is 2.84. The van der Waals surface area contributed by atoms with Crippen LogP contribution in [-0.4, -0.2) is 9.78 Å². The zero-order valence-corrected chi connectivity index (χ0v) is 10.2. The van der Waals surface area contributed by atoms with E-state index < -0.39 is 0 Å². The smallest absolute Gasteiger partial charge is 0.239 e. The first-order valence-electron chi connectivity index (χ1n) is 4.18. The standard InChI is InChI=1S/C9H8BrN3S/c1-5(2)13-4-6-7(12-13)8(11-3)9(10)14-6/h4-5H,1-2H3. The lowest BCUT2D eigenvalue weighted by Gasteiger charge is -2.02. The number of fused-ring (bicyclic) bond motifs is 1. The molecule has 0 unspecified atom stereocenters. The van der Waals surface area contributed by atoms with Crippen molar-refractivity contribution in [1.29, 1.82) is 0 Å². The van der Waals surface area contributed by atoms with E-state index in [1.54, 1.807) is 11.3 Å². The lowest BCUT2D eigenvalue weighted by molar-refractivity contribution is 0.538. The number of halogens is 1. The van der Waals surface area contributed by atoms with Crippen LogP contribution in [0.3, 0.4) is 0 Å². The van der Waals surface area contributed by atoms with Crippen molar-refractivity contribution in [2.45, 2.75) is 19.9 Å². The third-order valence-electron chi connectivity index (χ3n) is 1.95. The van der Waals surface area contributed by atoms with E-state index in [0.717, 1.165) is 14.0 Å². The summed E-state index contributed by atoms with van der Waals surface area (Å²) in [4.78, 5) is 3.47. The van der Waals surface area contributed by atoms with Gasteiger partial charge >= 0.3 is 0 Å². The third kappa shape index (κ3) is 1.35. The van der Waals surface area contributed by atoms with Crippen LogP contribution >= 0.6 is 27.3 Å². The molecule has 0 saturated carbocycles. The summed E-state index contributed by atoms with van der Waals surface area (Å²) in [6.07, 6.45) is 1.99. The van der Waals surface area contributed by atoms with Crippen LogP contribution < -0.4 is 0 Å². The van der Waals surface area contributed by atoms with Crippen molar-refractivity contribution in [1.82, 2.24) is 9.78 Å². The maximum atomic E-state index is 7.05. The van der Waals surface area contributed by atoms with Gasteiger partial charge in [-0.2, -0.15) is 5.10 Å². The molecule has 0 saturated heterocycles. The van der Waals surface area contributed by atoms with Gasteiger partial charge in [-0.15, -0.1) is 11.3 Å². The molecule has 2 rings (SSSR count). The van der Waals surface area contributed by atoms with E-state index in [0.29, 0.717) is 11.7 Å². The molecule has 2 heterocycles. The van der Waals surface area contributed by atoms with Crippen LogP contribution in [0.4, 0.5) is 5.69 Å². The first-order chi connectivity index (χ1) is 6.63. The van der Waals surface area contributed by atoms with Crippen LogP contribution in [0.25, 0.3) is 15.1 Å². The Balaban J connectivity index is 2.70. The lowest BCUT2D eigenvalue weighted by Crippen LogP contribution is -1.99. The zero-order valence-electron chi connectivity index (χ0n) is 7.78. The van der Waals surface area contributed by atoms with Crippen molar-refractivity contribution in [2.75, 3.05) is 0 Å². The molecule has 0 N–H and O–H groups in total. The van der Waals surface area contributed by atoms with Gasteiger partial charge in [0.1, 0.15) is 5.52 Å². The number of hydrogen-bond donors (Lipinski definition) is 0. The molecule has 0 aromatic carbocycles. The molecule has 0 spiro atoms. The Kier molecular flexibility index (Phi) is 2.33. The molecule has 2 aromatic rings. The highest BCUT2D eigenvalue weighted by molar-refractivity contribution is 9.11. The molecule has 5 heteroatoms. The van der Waals surface area contributed by atoms with Crippen molar-refractivity contribution in [3.05, 3.63) is 21.4 Å². The topological polar surface area (TPSA) is 22.2 Å². The fraction of sp³-hybridized carbons (Fsp3) is 0.333. The Morgan fingerprint density at radius 3 is 2.93 bits per heavy atom. The number of thiophene rings is 1. The summed E-state index contributed by atoms with van der Waals surface area (Å²) in [5.74, 6) is 0. The van der Waals surface area contributed by atoms with E-state index in [1.165, 1.54) is 0 Å². The Bertz CT molecular complexity index is 518. The van der Waals surface area contributed by atoms with Crippen molar-refractivity contribution in [2.24, 2.45) is 0 Å². The summed E-state index contributed by atoms with van der Waals surface area (Å²) in [7, 11) is 0. The van der Waals surface area contributed by atoms with Crippen molar-refractivity contribution < 1.29 is 0 Å². The Morgan fingerprint density at radius 1 is 1.64 bits per heavy atom. The Labute approximate surface area is 94.3 Å². The third-order valence-corrected chi connectivity index (χ3v) is 3.70. The maximum absolute atomic E-state index is 7.05. The number of nitrogens with zero attached hydrogens (tertiary/aromatic N) is 3. The van der Waals surface area contributed by atoms with E-state index in [9.17, 15) is 0 Å². The van der Waals surface area contributed by atoms with Gasteiger partial charge in [-0.05, 0) is 13.8 Å². The summed E-state index contributed by atoms with van der Waals surface area (Å²) in [6, 6.07) is 0.340. The molecule has 0 radical (unpaired) electrons. The van der Waals surface area contributed by atoms with Crippen molar-refractivity contribution in [3.63, 3.8) is 0 Å². The number of hydrogen-bond acceptors (Lipinski definition) is 2. The quantitative estimate of drug-likeness (QED) is 0.718.